The van der Waals surface area contributed by atoms with Crippen molar-refractivity contribution < 1.29 is 0 Å². The Morgan fingerprint density at radius 2 is 0.879 bits per heavy atom. The number of hydrogen-bond donors (Lipinski definition) is 0. The number of fused-ring (bicyclic) bond motifs is 3. The molecule has 324 valence electrons. The molecule has 0 aliphatic heterocycles. The molecule has 0 aliphatic carbocycles. The van der Waals surface area contributed by atoms with Gasteiger partial charge >= 0.3 is 0 Å². The molecule has 0 unspecified atom stereocenters. The minimum absolute atomic E-state index is 0.0294. The van der Waals surface area contributed by atoms with Crippen LogP contribution in [0.1, 0.15) is 79.0 Å². The summed E-state index contributed by atoms with van der Waals surface area (Å²) in [4.78, 5) is 2.53. The van der Waals surface area contributed by atoms with Gasteiger partial charge < -0.3 is 9.47 Å². The van der Waals surface area contributed by atoms with Crippen LogP contribution >= 0.6 is 0 Å². The minimum atomic E-state index is -0.0374. The lowest BCUT2D eigenvalue weighted by atomic mass is 9.85. The first-order valence-corrected chi connectivity index (χ1v) is 23.6. The standard InChI is InChI=1S/C64H58N2/c1-62(2,3)45-22-16-23-48(38-45)65(58-25-17-24-49(41-18-12-10-13-19-41)59(58)42-20-14-11-15-21-42)54-34-28-43-27-33-51-55(35-29-44-26-32-50(54)60(43)61(44)51)66-56-36-30-46(63(4,5)6)39-52(56)53-40-47(64(7,8)9)31-37-57(53)66/h10-40H,1-9H3. The minimum Gasteiger partial charge on any atom is -0.309 e. The molecule has 11 rings (SSSR count). The third kappa shape index (κ3) is 6.85. The van der Waals surface area contributed by atoms with E-state index in [1.165, 1.54) is 98.8 Å². The maximum atomic E-state index is 2.53. The van der Waals surface area contributed by atoms with E-state index < -0.39 is 0 Å². The second-order valence-electron chi connectivity index (χ2n) is 21.5. The van der Waals surface area contributed by atoms with Crippen molar-refractivity contribution in [3.8, 4) is 27.9 Å². The predicted octanol–water partition coefficient (Wildman–Crippen LogP) is 18.4. The second kappa shape index (κ2) is 15.2. The number of hydrogen-bond acceptors (Lipinski definition) is 1. The Kier molecular flexibility index (Phi) is 9.57. The molecule has 0 saturated heterocycles. The van der Waals surface area contributed by atoms with Crippen molar-refractivity contribution in [1.82, 2.24) is 4.57 Å². The normalized spacial score (nSPS) is 12.6. The van der Waals surface area contributed by atoms with Gasteiger partial charge in [-0.25, -0.2) is 0 Å². The molecule has 1 aromatic heterocycles. The van der Waals surface area contributed by atoms with E-state index in [0.29, 0.717) is 0 Å². The van der Waals surface area contributed by atoms with Gasteiger partial charge in [0.2, 0.25) is 0 Å². The van der Waals surface area contributed by atoms with Gasteiger partial charge in [0, 0.05) is 32.8 Å². The first-order chi connectivity index (χ1) is 31.6. The molecule has 0 atom stereocenters. The van der Waals surface area contributed by atoms with Gasteiger partial charge in [-0.05, 0) is 126 Å². The summed E-state index contributed by atoms with van der Waals surface area (Å²) in [5.41, 5.74) is 15.9. The van der Waals surface area contributed by atoms with Crippen LogP contribution in [0.25, 0.3) is 82.1 Å². The third-order valence-corrected chi connectivity index (χ3v) is 14.0. The average molecular weight is 855 g/mol. The van der Waals surface area contributed by atoms with Crippen LogP contribution in [0.2, 0.25) is 0 Å². The van der Waals surface area contributed by atoms with Crippen LogP contribution < -0.4 is 4.90 Å². The molecule has 66 heavy (non-hydrogen) atoms. The molecule has 0 amide bonds. The SMILES string of the molecule is CC(C)(C)c1cccc(N(c2cccc(-c3ccccc3)c2-c2ccccc2)c2ccc3ccc4c(-n5c6ccc(C(C)(C)C)cc6c6cc(C(C)(C)C)ccc65)ccc5ccc2c3c54)c1. The Bertz CT molecular complexity index is 3550. The number of nitrogens with zero attached hydrogens (tertiary/aromatic N) is 2. The van der Waals surface area contributed by atoms with E-state index in [9.17, 15) is 0 Å². The van der Waals surface area contributed by atoms with Crippen LogP contribution in [0.15, 0.2) is 188 Å². The molecule has 0 spiro atoms. The van der Waals surface area contributed by atoms with E-state index in [4.69, 9.17) is 0 Å². The Balaban J connectivity index is 1.21. The molecule has 2 nitrogen and oxygen atoms in total. The zero-order valence-electron chi connectivity index (χ0n) is 39.8. The van der Waals surface area contributed by atoms with Crippen molar-refractivity contribution >= 4 is 71.2 Å². The highest BCUT2D eigenvalue weighted by Gasteiger charge is 2.27. The summed E-state index contributed by atoms with van der Waals surface area (Å²) in [5, 5.41) is 10.1. The highest BCUT2D eigenvalue weighted by molar-refractivity contribution is 6.27. The number of aromatic nitrogens is 1. The predicted molar refractivity (Wildman–Crippen MR) is 286 cm³/mol. The molecule has 2 heteroatoms. The Morgan fingerprint density at radius 1 is 0.364 bits per heavy atom. The average Bonchev–Trinajstić information content (AvgIpc) is 3.64. The highest BCUT2D eigenvalue weighted by atomic mass is 15.1. The van der Waals surface area contributed by atoms with Gasteiger partial charge in [-0.3, -0.25) is 0 Å². The van der Waals surface area contributed by atoms with E-state index >= 15 is 0 Å². The number of rotatable bonds is 6. The molecule has 11 aromatic rings. The maximum absolute atomic E-state index is 2.53. The molecule has 0 radical (unpaired) electrons. The Hall–Kier alpha value is -7.16. The molecule has 0 fully saturated rings. The van der Waals surface area contributed by atoms with Crippen molar-refractivity contribution in [1.29, 1.82) is 0 Å². The maximum Gasteiger partial charge on any atom is 0.0546 e. The van der Waals surface area contributed by atoms with E-state index in [0.717, 1.165) is 17.1 Å². The number of anilines is 3. The van der Waals surface area contributed by atoms with E-state index in [2.05, 4.69) is 260 Å². The van der Waals surface area contributed by atoms with Gasteiger partial charge in [-0.15, -0.1) is 0 Å². The van der Waals surface area contributed by atoms with Gasteiger partial charge in [0.15, 0.2) is 0 Å². The summed E-state index contributed by atoms with van der Waals surface area (Å²) in [6, 6.07) is 70.9. The van der Waals surface area contributed by atoms with Crippen molar-refractivity contribution in [2.45, 2.75) is 78.6 Å². The zero-order chi connectivity index (χ0) is 45.7. The Labute approximate surface area is 390 Å². The topological polar surface area (TPSA) is 8.17 Å². The van der Waals surface area contributed by atoms with Gasteiger partial charge in [-0.2, -0.15) is 0 Å². The van der Waals surface area contributed by atoms with Gasteiger partial charge in [0.25, 0.3) is 0 Å². The molecule has 1 heterocycles. The van der Waals surface area contributed by atoms with Crippen LogP contribution in [0.4, 0.5) is 17.1 Å². The molecular weight excluding hydrogens is 797 g/mol. The summed E-state index contributed by atoms with van der Waals surface area (Å²) >= 11 is 0. The second-order valence-corrected chi connectivity index (χ2v) is 21.5. The molecule has 0 N–H and O–H groups in total. The fraction of sp³-hybridized carbons (Fsp3) is 0.188. The Morgan fingerprint density at radius 3 is 1.48 bits per heavy atom. The van der Waals surface area contributed by atoms with Crippen LogP contribution in [0.5, 0.6) is 0 Å². The van der Waals surface area contributed by atoms with Gasteiger partial charge in [0.1, 0.15) is 0 Å². The first kappa shape index (κ1) is 41.5. The van der Waals surface area contributed by atoms with Crippen LogP contribution in [0.3, 0.4) is 0 Å². The van der Waals surface area contributed by atoms with E-state index in [1.807, 2.05) is 0 Å². The van der Waals surface area contributed by atoms with Crippen molar-refractivity contribution in [2.24, 2.45) is 0 Å². The summed E-state index contributed by atoms with van der Waals surface area (Å²) in [6.07, 6.45) is 0. The van der Waals surface area contributed by atoms with Crippen LogP contribution in [-0.4, -0.2) is 4.57 Å². The highest BCUT2D eigenvalue weighted by Crippen LogP contribution is 2.50. The summed E-state index contributed by atoms with van der Waals surface area (Å²) < 4.78 is 2.53. The third-order valence-electron chi connectivity index (χ3n) is 14.0. The molecule has 0 bridgehead atoms. The molecule has 10 aromatic carbocycles. The summed E-state index contributed by atoms with van der Waals surface area (Å²) in [6.45, 7) is 20.8. The van der Waals surface area contributed by atoms with Crippen molar-refractivity contribution in [3.63, 3.8) is 0 Å². The molecule has 0 saturated carbocycles. The van der Waals surface area contributed by atoms with Crippen LogP contribution in [0, 0.1) is 0 Å². The van der Waals surface area contributed by atoms with Gasteiger partial charge in [-0.1, -0.05) is 196 Å². The van der Waals surface area contributed by atoms with E-state index in [-0.39, 0.29) is 16.2 Å². The molecule has 0 aliphatic rings. The quantitative estimate of drug-likeness (QED) is 0.151. The fourth-order valence-electron chi connectivity index (χ4n) is 10.4. The van der Waals surface area contributed by atoms with Crippen LogP contribution in [-0.2, 0) is 16.2 Å². The first-order valence-electron chi connectivity index (χ1n) is 23.6. The van der Waals surface area contributed by atoms with Gasteiger partial charge in [0.05, 0.1) is 28.1 Å². The lowest BCUT2D eigenvalue weighted by molar-refractivity contribution is 0.590. The lowest BCUT2D eigenvalue weighted by Gasteiger charge is -2.32. The number of benzene rings is 10. The smallest absolute Gasteiger partial charge is 0.0546 e. The summed E-state index contributed by atoms with van der Waals surface area (Å²) in [7, 11) is 0. The van der Waals surface area contributed by atoms with Crippen molar-refractivity contribution in [3.05, 3.63) is 205 Å². The zero-order valence-corrected chi connectivity index (χ0v) is 39.8. The largest absolute Gasteiger partial charge is 0.309 e. The van der Waals surface area contributed by atoms with Crippen molar-refractivity contribution in [2.75, 3.05) is 4.90 Å². The monoisotopic (exact) mass is 854 g/mol. The lowest BCUT2D eigenvalue weighted by Crippen LogP contribution is -2.15. The summed E-state index contributed by atoms with van der Waals surface area (Å²) in [5.74, 6) is 0. The van der Waals surface area contributed by atoms with E-state index in [1.54, 1.807) is 0 Å². The molecular formula is C64H58N2. The fourth-order valence-corrected chi connectivity index (χ4v) is 10.4.